The number of carboxylic acid groups (broad SMARTS) is 1. The van der Waals surface area contributed by atoms with Crippen molar-refractivity contribution in [2.45, 2.75) is 32.9 Å². The van der Waals surface area contributed by atoms with Crippen LogP contribution in [0.1, 0.15) is 36.7 Å². The maximum absolute atomic E-state index is 10.9. The van der Waals surface area contributed by atoms with Crippen LogP contribution in [0.3, 0.4) is 0 Å². The molecule has 0 saturated heterocycles. The molecule has 0 aliphatic carbocycles. The van der Waals surface area contributed by atoms with Gasteiger partial charge in [0.1, 0.15) is 19.6 Å². The third kappa shape index (κ3) is 4.76. The molecule has 0 aliphatic rings. The summed E-state index contributed by atoms with van der Waals surface area (Å²) in [5.41, 5.74) is 2.40. The van der Waals surface area contributed by atoms with E-state index in [2.05, 4.69) is 38.1 Å². The summed E-state index contributed by atoms with van der Waals surface area (Å²) in [5.74, 6) is 0.231. The number of carbonyl (C=O) groups is 1. The molecule has 1 heterocycles. The minimum absolute atomic E-state index is 0.0351. The Hall–Kier alpha value is -2.07. The molecule has 0 amide bonds. The Morgan fingerprint density at radius 1 is 1.19 bits per heavy atom. The minimum atomic E-state index is -1.05. The summed E-state index contributed by atoms with van der Waals surface area (Å²) in [7, 11) is 0. The molecule has 1 atom stereocenters. The topological polar surface area (TPSA) is 57.7 Å². The molecule has 1 unspecified atom stereocenters. The van der Waals surface area contributed by atoms with Gasteiger partial charge in [0, 0.05) is 5.56 Å². The fraction of sp³-hybridized carbons (Fsp3) is 0.353. The average molecular weight is 287 g/mol. The molecule has 0 saturated carbocycles. The molecule has 112 valence electrons. The summed E-state index contributed by atoms with van der Waals surface area (Å²) < 4.78 is 5.30. The standard InChI is InChI=1S/C17H21NO3/c1-13(2)15-7-5-14(6-8-15)10-18(12-17(19)20)11-16-4-3-9-21-16/h3-9,13H,10-12H2,1-2H3,(H,19,20). The molecular formula is C17H21NO3. The van der Waals surface area contributed by atoms with Gasteiger partial charge in [-0.05, 0) is 23.6 Å². The smallest absolute Gasteiger partial charge is 0.157 e. The molecule has 1 N–H and O–H groups in total. The molecule has 0 spiro atoms. The summed E-state index contributed by atoms with van der Waals surface area (Å²) in [6.07, 6.45) is 1.60. The van der Waals surface area contributed by atoms with E-state index < -0.39 is 5.97 Å². The van der Waals surface area contributed by atoms with E-state index in [9.17, 15) is 9.90 Å². The van der Waals surface area contributed by atoms with Crippen LogP contribution in [-0.4, -0.2) is 12.5 Å². The molecule has 1 aromatic carbocycles. The summed E-state index contributed by atoms with van der Waals surface area (Å²) in [5, 5.41) is 10.9. The van der Waals surface area contributed by atoms with Gasteiger partial charge in [0.25, 0.3) is 0 Å². The number of carbonyl (C=O) groups excluding carboxylic acids is 1. The van der Waals surface area contributed by atoms with Crippen molar-refractivity contribution in [1.29, 1.82) is 0 Å². The second-order valence-electron chi connectivity index (χ2n) is 5.63. The molecule has 4 nitrogen and oxygen atoms in total. The van der Waals surface area contributed by atoms with E-state index in [0.29, 0.717) is 19.0 Å². The van der Waals surface area contributed by atoms with Crippen molar-refractivity contribution in [1.82, 2.24) is 0 Å². The van der Waals surface area contributed by atoms with Crippen molar-refractivity contribution < 1.29 is 19.2 Å². The van der Waals surface area contributed by atoms with Crippen LogP contribution in [0, 0.1) is 0 Å². The lowest BCUT2D eigenvalue weighted by Gasteiger charge is -2.19. The number of nitrogens with one attached hydrogen (secondary N) is 1. The van der Waals surface area contributed by atoms with Gasteiger partial charge in [0.2, 0.25) is 0 Å². The zero-order valence-corrected chi connectivity index (χ0v) is 12.5. The van der Waals surface area contributed by atoms with E-state index in [4.69, 9.17) is 4.42 Å². The number of rotatable bonds is 7. The second-order valence-corrected chi connectivity index (χ2v) is 5.63. The quantitative estimate of drug-likeness (QED) is 0.817. The van der Waals surface area contributed by atoms with Gasteiger partial charge >= 0.3 is 0 Å². The van der Waals surface area contributed by atoms with Crippen LogP contribution in [0.2, 0.25) is 0 Å². The van der Waals surface area contributed by atoms with Crippen molar-refractivity contribution >= 4 is 5.97 Å². The molecule has 0 aliphatic heterocycles. The zero-order chi connectivity index (χ0) is 15.2. The van der Waals surface area contributed by atoms with Crippen LogP contribution >= 0.6 is 0 Å². The third-order valence-corrected chi connectivity index (χ3v) is 3.50. The number of quaternary nitrogens is 1. The van der Waals surface area contributed by atoms with Crippen LogP contribution in [0.4, 0.5) is 0 Å². The first-order valence-corrected chi connectivity index (χ1v) is 7.19. The maximum atomic E-state index is 10.9. The highest BCUT2D eigenvalue weighted by atomic mass is 16.4. The van der Waals surface area contributed by atoms with Gasteiger partial charge in [-0.2, -0.15) is 0 Å². The molecule has 4 heteroatoms. The van der Waals surface area contributed by atoms with E-state index >= 15 is 0 Å². The Morgan fingerprint density at radius 2 is 1.90 bits per heavy atom. The molecule has 2 aromatic rings. The Labute approximate surface area is 125 Å². The third-order valence-electron chi connectivity index (χ3n) is 3.50. The number of furan rings is 1. The Morgan fingerprint density at radius 3 is 2.43 bits per heavy atom. The summed E-state index contributed by atoms with van der Waals surface area (Å²) in [6.45, 7) is 5.44. The van der Waals surface area contributed by atoms with Crippen molar-refractivity contribution in [3.8, 4) is 0 Å². The van der Waals surface area contributed by atoms with Gasteiger partial charge in [-0.25, -0.2) is 0 Å². The van der Waals surface area contributed by atoms with Gasteiger partial charge in [0.05, 0.1) is 12.2 Å². The van der Waals surface area contributed by atoms with E-state index in [1.807, 2.05) is 12.1 Å². The van der Waals surface area contributed by atoms with Crippen LogP contribution in [0.5, 0.6) is 0 Å². The minimum Gasteiger partial charge on any atom is -0.544 e. The van der Waals surface area contributed by atoms with Crippen LogP contribution < -0.4 is 10.0 Å². The van der Waals surface area contributed by atoms with Gasteiger partial charge in [-0.15, -0.1) is 0 Å². The monoisotopic (exact) mass is 287 g/mol. The predicted molar refractivity (Wildman–Crippen MR) is 77.5 cm³/mol. The average Bonchev–Trinajstić information content (AvgIpc) is 2.91. The number of benzene rings is 1. The maximum Gasteiger partial charge on any atom is 0.157 e. The van der Waals surface area contributed by atoms with Crippen molar-refractivity contribution in [3.63, 3.8) is 0 Å². The second kappa shape index (κ2) is 7.09. The Balaban J connectivity index is 2.05. The summed E-state index contributed by atoms with van der Waals surface area (Å²) in [6, 6.07) is 12.0. The number of aliphatic carboxylic acids is 1. The number of carboxylic acids is 1. The number of hydrogen-bond acceptors (Lipinski definition) is 3. The van der Waals surface area contributed by atoms with E-state index in [-0.39, 0.29) is 6.54 Å². The van der Waals surface area contributed by atoms with Gasteiger partial charge in [0.15, 0.2) is 5.76 Å². The first kappa shape index (κ1) is 15.3. The molecule has 0 radical (unpaired) electrons. The number of hydrogen-bond donors (Lipinski definition) is 1. The lowest BCUT2D eigenvalue weighted by atomic mass is 10.0. The molecule has 21 heavy (non-hydrogen) atoms. The normalized spacial score (nSPS) is 12.5. The Bertz CT molecular complexity index is 558. The molecule has 1 aromatic heterocycles. The lowest BCUT2D eigenvalue weighted by Crippen LogP contribution is -3.10. The predicted octanol–water partition coefficient (Wildman–Crippen LogP) is 0.738. The van der Waals surface area contributed by atoms with E-state index in [1.54, 1.807) is 6.26 Å². The van der Waals surface area contributed by atoms with Crippen LogP contribution in [0.15, 0.2) is 47.1 Å². The fourth-order valence-corrected chi connectivity index (χ4v) is 2.36. The van der Waals surface area contributed by atoms with Gasteiger partial charge in [-0.1, -0.05) is 38.1 Å². The molecule has 2 rings (SSSR count). The summed E-state index contributed by atoms with van der Waals surface area (Å²) in [4.78, 5) is 11.8. The van der Waals surface area contributed by atoms with Gasteiger partial charge in [-0.3, -0.25) is 0 Å². The van der Waals surface area contributed by atoms with Crippen molar-refractivity contribution in [2.24, 2.45) is 0 Å². The van der Waals surface area contributed by atoms with E-state index in [1.165, 1.54) is 5.56 Å². The largest absolute Gasteiger partial charge is 0.544 e. The lowest BCUT2D eigenvalue weighted by molar-refractivity contribution is -0.922. The first-order valence-electron chi connectivity index (χ1n) is 7.19. The highest BCUT2D eigenvalue weighted by Gasteiger charge is 2.13. The van der Waals surface area contributed by atoms with Gasteiger partial charge < -0.3 is 19.2 Å². The fourth-order valence-electron chi connectivity index (χ4n) is 2.36. The molecular weight excluding hydrogens is 266 g/mol. The van der Waals surface area contributed by atoms with Crippen LogP contribution in [-0.2, 0) is 17.9 Å². The molecule has 0 fully saturated rings. The zero-order valence-electron chi connectivity index (χ0n) is 12.5. The van der Waals surface area contributed by atoms with Crippen LogP contribution in [0.25, 0.3) is 0 Å². The molecule has 0 bridgehead atoms. The summed E-state index contributed by atoms with van der Waals surface area (Å²) >= 11 is 0. The van der Waals surface area contributed by atoms with E-state index in [0.717, 1.165) is 16.2 Å². The van der Waals surface area contributed by atoms with Crippen molar-refractivity contribution in [2.75, 3.05) is 6.54 Å². The highest BCUT2D eigenvalue weighted by Crippen LogP contribution is 2.14. The van der Waals surface area contributed by atoms with Crippen molar-refractivity contribution in [3.05, 3.63) is 59.5 Å². The SMILES string of the molecule is CC(C)c1ccc(C[NH+](CC(=O)[O-])Cc2ccco2)cc1. The first-order chi connectivity index (χ1) is 10.0. The Kier molecular flexibility index (Phi) is 5.17. The highest BCUT2D eigenvalue weighted by molar-refractivity contribution is 5.65.